The SMILES string of the molecule is Cn1cc(COc2ccc(F)cc2NCC(O)CCl)cn1. The van der Waals surface area contributed by atoms with Gasteiger partial charge in [-0.25, -0.2) is 4.39 Å². The largest absolute Gasteiger partial charge is 0.487 e. The summed E-state index contributed by atoms with van der Waals surface area (Å²) in [5.74, 6) is 0.224. The Kier molecular flexibility index (Phi) is 5.41. The van der Waals surface area contributed by atoms with Crippen LogP contribution >= 0.6 is 11.6 Å². The van der Waals surface area contributed by atoms with Crippen LogP contribution < -0.4 is 10.1 Å². The van der Waals surface area contributed by atoms with Gasteiger partial charge >= 0.3 is 0 Å². The normalized spacial score (nSPS) is 12.2. The number of aryl methyl sites for hydroxylation is 1. The molecule has 114 valence electrons. The van der Waals surface area contributed by atoms with Crippen LogP contribution in [0.1, 0.15) is 5.56 Å². The van der Waals surface area contributed by atoms with Gasteiger partial charge in [0.25, 0.3) is 0 Å². The maximum absolute atomic E-state index is 13.3. The van der Waals surface area contributed by atoms with Gasteiger partial charge in [0.1, 0.15) is 18.2 Å². The molecule has 0 spiro atoms. The van der Waals surface area contributed by atoms with Gasteiger partial charge in [0, 0.05) is 31.4 Å². The summed E-state index contributed by atoms with van der Waals surface area (Å²) in [6, 6.07) is 4.18. The van der Waals surface area contributed by atoms with Gasteiger partial charge in [-0.1, -0.05) is 0 Å². The van der Waals surface area contributed by atoms with Crippen LogP contribution in [0.25, 0.3) is 0 Å². The second-order valence-corrected chi connectivity index (χ2v) is 4.95. The van der Waals surface area contributed by atoms with E-state index in [0.29, 0.717) is 18.0 Å². The van der Waals surface area contributed by atoms with Crippen molar-refractivity contribution in [3.63, 3.8) is 0 Å². The fourth-order valence-electron chi connectivity index (χ4n) is 1.76. The molecule has 0 bridgehead atoms. The van der Waals surface area contributed by atoms with E-state index >= 15 is 0 Å². The number of nitrogens with one attached hydrogen (secondary N) is 1. The molecule has 0 saturated heterocycles. The second kappa shape index (κ2) is 7.28. The Labute approximate surface area is 127 Å². The Balaban J connectivity index is 2.03. The quantitative estimate of drug-likeness (QED) is 0.769. The zero-order chi connectivity index (χ0) is 15.2. The molecular weight excluding hydrogens is 297 g/mol. The zero-order valence-electron chi connectivity index (χ0n) is 11.6. The number of rotatable bonds is 7. The molecule has 1 atom stereocenters. The van der Waals surface area contributed by atoms with Crippen molar-refractivity contribution in [2.45, 2.75) is 12.7 Å². The third kappa shape index (κ3) is 4.61. The highest BCUT2D eigenvalue weighted by Crippen LogP contribution is 2.26. The molecule has 7 heteroatoms. The van der Waals surface area contributed by atoms with Gasteiger partial charge < -0.3 is 15.2 Å². The monoisotopic (exact) mass is 313 g/mol. The van der Waals surface area contributed by atoms with Crippen LogP contribution in [0.5, 0.6) is 5.75 Å². The summed E-state index contributed by atoms with van der Waals surface area (Å²) in [7, 11) is 1.82. The lowest BCUT2D eigenvalue weighted by Crippen LogP contribution is -2.21. The lowest BCUT2D eigenvalue weighted by atomic mass is 10.2. The van der Waals surface area contributed by atoms with E-state index in [1.54, 1.807) is 16.9 Å². The fourth-order valence-corrected chi connectivity index (χ4v) is 1.87. The highest BCUT2D eigenvalue weighted by atomic mass is 35.5. The van der Waals surface area contributed by atoms with Gasteiger partial charge in [-0.3, -0.25) is 4.68 Å². The summed E-state index contributed by atoms with van der Waals surface area (Å²) < 4.78 is 20.7. The molecule has 1 unspecified atom stereocenters. The molecule has 21 heavy (non-hydrogen) atoms. The molecule has 0 aliphatic carbocycles. The van der Waals surface area contributed by atoms with E-state index in [1.807, 2.05) is 13.2 Å². The molecule has 5 nitrogen and oxygen atoms in total. The van der Waals surface area contributed by atoms with E-state index in [0.717, 1.165) is 5.56 Å². The zero-order valence-corrected chi connectivity index (χ0v) is 12.3. The molecule has 2 N–H and O–H groups in total. The molecule has 0 radical (unpaired) electrons. The Hall–Kier alpha value is -1.79. The van der Waals surface area contributed by atoms with Crippen LogP contribution in [0.15, 0.2) is 30.6 Å². The smallest absolute Gasteiger partial charge is 0.143 e. The van der Waals surface area contributed by atoms with Crippen molar-refractivity contribution < 1.29 is 14.2 Å². The molecule has 0 aliphatic heterocycles. The number of hydrogen-bond acceptors (Lipinski definition) is 4. The van der Waals surface area contributed by atoms with E-state index in [2.05, 4.69) is 10.4 Å². The van der Waals surface area contributed by atoms with E-state index in [4.69, 9.17) is 16.3 Å². The summed E-state index contributed by atoms with van der Waals surface area (Å²) in [5.41, 5.74) is 1.39. The average molecular weight is 314 g/mol. The first-order valence-corrected chi connectivity index (χ1v) is 6.99. The highest BCUT2D eigenvalue weighted by molar-refractivity contribution is 6.18. The Bertz CT molecular complexity index is 591. The molecule has 0 saturated carbocycles. The molecule has 1 heterocycles. The molecule has 0 fully saturated rings. The Morgan fingerprint density at radius 2 is 2.33 bits per heavy atom. The molecule has 2 rings (SSSR count). The molecule has 2 aromatic rings. The lowest BCUT2D eigenvalue weighted by Gasteiger charge is -2.14. The van der Waals surface area contributed by atoms with Crippen molar-refractivity contribution >= 4 is 17.3 Å². The first-order valence-electron chi connectivity index (χ1n) is 6.46. The topological polar surface area (TPSA) is 59.3 Å². The van der Waals surface area contributed by atoms with Gasteiger partial charge in [0.05, 0.1) is 23.9 Å². The van der Waals surface area contributed by atoms with Crippen LogP contribution in [-0.4, -0.2) is 33.4 Å². The number of aliphatic hydroxyl groups is 1. The van der Waals surface area contributed by atoms with Crippen LogP contribution in [0.4, 0.5) is 10.1 Å². The highest BCUT2D eigenvalue weighted by Gasteiger charge is 2.09. The van der Waals surface area contributed by atoms with Crippen molar-refractivity contribution in [3.8, 4) is 5.75 Å². The second-order valence-electron chi connectivity index (χ2n) is 4.64. The average Bonchev–Trinajstić information content (AvgIpc) is 2.89. The number of ether oxygens (including phenoxy) is 1. The summed E-state index contributed by atoms with van der Waals surface area (Å²) in [6.45, 7) is 0.544. The minimum atomic E-state index is -0.707. The number of anilines is 1. The van der Waals surface area contributed by atoms with Crippen LogP contribution in [-0.2, 0) is 13.7 Å². The standard InChI is InChI=1S/C14H17ClFN3O2/c1-19-8-10(6-18-19)9-21-14-3-2-11(16)4-13(14)17-7-12(20)5-15/h2-4,6,8,12,17,20H,5,7,9H2,1H3. The minimum Gasteiger partial charge on any atom is -0.487 e. The van der Waals surface area contributed by atoms with Gasteiger partial charge in [0.15, 0.2) is 0 Å². The van der Waals surface area contributed by atoms with Crippen LogP contribution in [0.2, 0.25) is 0 Å². The molecular formula is C14H17ClFN3O2. The Morgan fingerprint density at radius 1 is 1.52 bits per heavy atom. The number of aliphatic hydroxyl groups excluding tert-OH is 1. The number of benzene rings is 1. The predicted octanol–water partition coefficient (Wildman–Crippen LogP) is 2.15. The van der Waals surface area contributed by atoms with Crippen molar-refractivity contribution in [2.24, 2.45) is 7.05 Å². The molecule has 1 aromatic heterocycles. The maximum Gasteiger partial charge on any atom is 0.143 e. The number of alkyl halides is 1. The summed E-state index contributed by atoms with van der Waals surface area (Å²) in [4.78, 5) is 0. The van der Waals surface area contributed by atoms with E-state index in [9.17, 15) is 9.50 Å². The molecule has 0 amide bonds. The third-order valence-corrected chi connectivity index (χ3v) is 3.16. The minimum absolute atomic E-state index is 0.105. The number of aromatic nitrogens is 2. The number of nitrogens with zero attached hydrogens (tertiary/aromatic N) is 2. The third-order valence-electron chi connectivity index (χ3n) is 2.80. The predicted molar refractivity (Wildman–Crippen MR) is 79.2 cm³/mol. The van der Waals surface area contributed by atoms with Gasteiger partial charge in [-0.15, -0.1) is 11.6 Å². The fraction of sp³-hybridized carbons (Fsp3) is 0.357. The van der Waals surface area contributed by atoms with Gasteiger partial charge in [0.2, 0.25) is 0 Å². The van der Waals surface area contributed by atoms with E-state index in [-0.39, 0.29) is 18.2 Å². The summed E-state index contributed by atoms with van der Waals surface area (Å²) in [5, 5.41) is 16.4. The van der Waals surface area contributed by atoms with Crippen molar-refractivity contribution in [3.05, 3.63) is 42.0 Å². The van der Waals surface area contributed by atoms with Crippen LogP contribution in [0, 0.1) is 5.82 Å². The van der Waals surface area contributed by atoms with Crippen LogP contribution in [0.3, 0.4) is 0 Å². The van der Waals surface area contributed by atoms with Crippen molar-refractivity contribution in [1.29, 1.82) is 0 Å². The van der Waals surface area contributed by atoms with Crippen molar-refractivity contribution in [2.75, 3.05) is 17.7 Å². The molecule has 1 aromatic carbocycles. The lowest BCUT2D eigenvalue weighted by molar-refractivity contribution is 0.211. The van der Waals surface area contributed by atoms with Gasteiger partial charge in [-0.05, 0) is 12.1 Å². The summed E-state index contributed by atoms with van der Waals surface area (Å²) in [6.07, 6.45) is 2.84. The first-order chi connectivity index (χ1) is 10.1. The molecule has 0 aliphatic rings. The summed E-state index contributed by atoms with van der Waals surface area (Å²) >= 11 is 5.53. The number of halogens is 2. The van der Waals surface area contributed by atoms with E-state index < -0.39 is 6.10 Å². The maximum atomic E-state index is 13.3. The first kappa shape index (κ1) is 15.6. The van der Waals surface area contributed by atoms with E-state index in [1.165, 1.54) is 12.1 Å². The Morgan fingerprint density at radius 3 is 3.00 bits per heavy atom. The van der Waals surface area contributed by atoms with Crippen molar-refractivity contribution in [1.82, 2.24) is 9.78 Å². The number of hydrogen-bond donors (Lipinski definition) is 2. The van der Waals surface area contributed by atoms with Gasteiger partial charge in [-0.2, -0.15) is 5.10 Å².